The van der Waals surface area contributed by atoms with E-state index in [0.717, 1.165) is 24.1 Å². The average Bonchev–Trinajstić information content (AvgIpc) is 3.41. The van der Waals surface area contributed by atoms with Crippen LogP contribution in [0.15, 0.2) is 29.6 Å². The summed E-state index contributed by atoms with van der Waals surface area (Å²) in [5, 5.41) is 5.46. The van der Waals surface area contributed by atoms with Gasteiger partial charge in [-0.25, -0.2) is 4.98 Å². The average molecular weight is 415 g/mol. The second-order valence-electron chi connectivity index (χ2n) is 7.56. The third-order valence-electron chi connectivity index (χ3n) is 5.35. The maximum absolute atomic E-state index is 12.4. The van der Waals surface area contributed by atoms with Gasteiger partial charge in [0.2, 0.25) is 5.91 Å². The van der Waals surface area contributed by atoms with Gasteiger partial charge < -0.3 is 15.0 Å². The van der Waals surface area contributed by atoms with Crippen LogP contribution in [-0.2, 0) is 14.3 Å². The fraction of sp³-hybridized carbons (Fsp3) is 0.476. The largest absolute Gasteiger partial charge is 0.368 e. The van der Waals surface area contributed by atoms with Crippen LogP contribution in [0.4, 0.5) is 5.13 Å². The Balaban J connectivity index is 1.24. The predicted molar refractivity (Wildman–Crippen MR) is 113 cm³/mol. The summed E-state index contributed by atoms with van der Waals surface area (Å²) in [6.07, 6.45) is 1.51. The Kier molecular flexibility index (Phi) is 6.22. The van der Waals surface area contributed by atoms with Crippen molar-refractivity contribution >= 4 is 28.3 Å². The minimum absolute atomic E-state index is 0.0753. The van der Waals surface area contributed by atoms with E-state index in [0.29, 0.717) is 44.5 Å². The molecule has 0 bridgehead atoms. The molecule has 0 spiro atoms. The number of anilines is 1. The molecule has 1 aromatic heterocycles. The SMILES string of the molecule is Cc1ccc(-c2csc(NC(=O)CN3CCN(C(=O)C4CCCO4)CC3)n2)cc1. The first-order valence-corrected chi connectivity index (χ1v) is 10.9. The Morgan fingerprint density at radius 2 is 1.97 bits per heavy atom. The molecular weight excluding hydrogens is 388 g/mol. The van der Waals surface area contributed by atoms with Gasteiger partial charge in [0.05, 0.1) is 12.2 Å². The number of aryl methyl sites for hydroxylation is 1. The molecule has 0 aliphatic carbocycles. The smallest absolute Gasteiger partial charge is 0.251 e. The molecule has 1 unspecified atom stereocenters. The molecule has 8 heteroatoms. The minimum atomic E-state index is -0.266. The zero-order chi connectivity index (χ0) is 20.2. The van der Waals surface area contributed by atoms with E-state index >= 15 is 0 Å². The van der Waals surface area contributed by atoms with Crippen LogP contribution in [0.2, 0.25) is 0 Å². The van der Waals surface area contributed by atoms with Gasteiger partial charge in [0.25, 0.3) is 5.91 Å². The Hall–Kier alpha value is -2.29. The number of hydrogen-bond acceptors (Lipinski definition) is 6. The molecule has 2 aliphatic rings. The van der Waals surface area contributed by atoms with Crippen LogP contribution in [0, 0.1) is 6.92 Å². The molecule has 2 aromatic rings. The summed E-state index contributed by atoms with van der Waals surface area (Å²) in [6.45, 7) is 5.70. The van der Waals surface area contributed by atoms with Crippen LogP contribution in [0.25, 0.3) is 11.3 Å². The number of nitrogens with one attached hydrogen (secondary N) is 1. The lowest BCUT2D eigenvalue weighted by Gasteiger charge is -2.35. The number of carbonyl (C=O) groups excluding carboxylic acids is 2. The summed E-state index contributed by atoms with van der Waals surface area (Å²) in [5.41, 5.74) is 3.11. The normalized spacial score (nSPS) is 20.0. The summed E-state index contributed by atoms with van der Waals surface area (Å²) in [7, 11) is 0. The van der Waals surface area contributed by atoms with Gasteiger partial charge in [0.1, 0.15) is 6.10 Å². The van der Waals surface area contributed by atoms with Crippen molar-refractivity contribution in [2.45, 2.75) is 25.9 Å². The van der Waals surface area contributed by atoms with Gasteiger partial charge in [0.15, 0.2) is 5.13 Å². The third-order valence-corrected chi connectivity index (χ3v) is 6.11. The molecule has 3 heterocycles. The fourth-order valence-electron chi connectivity index (χ4n) is 3.65. The molecule has 7 nitrogen and oxygen atoms in total. The van der Waals surface area contributed by atoms with Crippen molar-refractivity contribution in [3.63, 3.8) is 0 Å². The molecule has 2 aliphatic heterocycles. The number of nitrogens with zero attached hydrogens (tertiary/aromatic N) is 3. The highest BCUT2D eigenvalue weighted by Crippen LogP contribution is 2.25. The Labute approximate surface area is 174 Å². The number of amides is 2. The molecule has 1 aromatic carbocycles. The summed E-state index contributed by atoms with van der Waals surface area (Å²) in [5.74, 6) is 0.0201. The van der Waals surface area contributed by atoms with Crippen molar-refractivity contribution < 1.29 is 14.3 Å². The number of piperazine rings is 1. The Bertz CT molecular complexity index is 853. The van der Waals surface area contributed by atoms with Crippen LogP contribution in [-0.4, -0.2) is 72.0 Å². The molecule has 1 N–H and O–H groups in total. The first-order chi connectivity index (χ1) is 14.1. The highest BCUT2D eigenvalue weighted by molar-refractivity contribution is 7.14. The first-order valence-electron chi connectivity index (χ1n) is 10.0. The Morgan fingerprint density at radius 3 is 2.66 bits per heavy atom. The second kappa shape index (κ2) is 9.02. The molecule has 2 saturated heterocycles. The van der Waals surface area contributed by atoms with Crippen molar-refractivity contribution in [3.05, 3.63) is 35.2 Å². The minimum Gasteiger partial charge on any atom is -0.368 e. The van der Waals surface area contributed by atoms with E-state index in [1.807, 2.05) is 22.4 Å². The van der Waals surface area contributed by atoms with E-state index < -0.39 is 0 Å². The molecular formula is C21H26N4O3S. The quantitative estimate of drug-likeness (QED) is 0.813. The van der Waals surface area contributed by atoms with Crippen molar-refractivity contribution in [2.24, 2.45) is 0 Å². The molecule has 154 valence electrons. The summed E-state index contributed by atoms with van der Waals surface area (Å²) >= 11 is 1.43. The second-order valence-corrected chi connectivity index (χ2v) is 8.41. The van der Waals surface area contributed by atoms with E-state index in [2.05, 4.69) is 34.3 Å². The van der Waals surface area contributed by atoms with Crippen molar-refractivity contribution in [1.82, 2.24) is 14.8 Å². The molecule has 2 amide bonds. The van der Waals surface area contributed by atoms with Gasteiger partial charge in [-0.05, 0) is 19.8 Å². The van der Waals surface area contributed by atoms with E-state index in [-0.39, 0.29) is 17.9 Å². The molecule has 1 atom stereocenters. The zero-order valence-corrected chi connectivity index (χ0v) is 17.4. The molecule has 0 radical (unpaired) electrons. The van der Waals surface area contributed by atoms with Crippen LogP contribution < -0.4 is 5.32 Å². The third kappa shape index (κ3) is 5.01. The number of thiazole rings is 1. The summed E-state index contributed by atoms with van der Waals surface area (Å²) in [4.78, 5) is 33.3. The number of hydrogen-bond donors (Lipinski definition) is 1. The predicted octanol–water partition coefficient (Wildman–Crippen LogP) is 2.38. The number of aromatic nitrogens is 1. The van der Waals surface area contributed by atoms with E-state index in [1.54, 1.807) is 0 Å². The molecule has 4 rings (SSSR count). The lowest BCUT2D eigenvalue weighted by Crippen LogP contribution is -2.52. The van der Waals surface area contributed by atoms with Gasteiger partial charge in [-0.2, -0.15) is 0 Å². The number of carbonyl (C=O) groups is 2. The lowest BCUT2D eigenvalue weighted by molar-refractivity contribution is -0.142. The maximum atomic E-state index is 12.4. The maximum Gasteiger partial charge on any atom is 0.251 e. The number of benzene rings is 1. The number of ether oxygens (including phenoxy) is 1. The van der Waals surface area contributed by atoms with Gasteiger partial charge in [-0.15, -0.1) is 11.3 Å². The van der Waals surface area contributed by atoms with Gasteiger partial charge in [0, 0.05) is 43.7 Å². The highest BCUT2D eigenvalue weighted by atomic mass is 32.1. The van der Waals surface area contributed by atoms with Crippen molar-refractivity contribution in [2.75, 3.05) is 44.6 Å². The fourth-order valence-corrected chi connectivity index (χ4v) is 4.39. The molecule has 29 heavy (non-hydrogen) atoms. The van der Waals surface area contributed by atoms with Crippen molar-refractivity contribution in [1.29, 1.82) is 0 Å². The standard InChI is InChI=1S/C21H26N4O3S/c1-15-4-6-16(7-5-15)17-14-29-21(22-17)23-19(26)13-24-8-10-25(11-9-24)20(27)18-3-2-12-28-18/h4-7,14,18H,2-3,8-13H2,1H3,(H,22,23,26). The molecule has 0 saturated carbocycles. The van der Waals surface area contributed by atoms with Gasteiger partial charge in [-0.3, -0.25) is 14.5 Å². The summed E-state index contributed by atoms with van der Waals surface area (Å²) in [6, 6.07) is 8.17. The van der Waals surface area contributed by atoms with Crippen LogP contribution in [0.5, 0.6) is 0 Å². The van der Waals surface area contributed by atoms with Crippen LogP contribution >= 0.6 is 11.3 Å². The topological polar surface area (TPSA) is 74.8 Å². The van der Waals surface area contributed by atoms with Crippen LogP contribution in [0.3, 0.4) is 0 Å². The van der Waals surface area contributed by atoms with E-state index in [4.69, 9.17) is 4.74 Å². The monoisotopic (exact) mass is 414 g/mol. The number of rotatable bonds is 5. The highest BCUT2D eigenvalue weighted by Gasteiger charge is 2.30. The van der Waals surface area contributed by atoms with Crippen LogP contribution in [0.1, 0.15) is 18.4 Å². The zero-order valence-electron chi connectivity index (χ0n) is 16.6. The van der Waals surface area contributed by atoms with E-state index in [1.165, 1.54) is 16.9 Å². The Morgan fingerprint density at radius 1 is 1.21 bits per heavy atom. The summed E-state index contributed by atoms with van der Waals surface area (Å²) < 4.78 is 5.49. The van der Waals surface area contributed by atoms with Gasteiger partial charge >= 0.3 is 0 Å². The molecule has 2 fully saturated rings. The van der Waals surface area contributed by atoms with Gasteiger partial charge in [-0.1, -0.05) is 29.8 Å². The van der Waals surface area contributed by atoms with E-state index in [9.17, 15) is 9.59 Å². The van der Waals surface area contributed by atoms with Crippen molar-refractivity contribution in [3.8, 4) is 11.3 Å². The lowest BCUT2D eigenvalue weighted by atomic mass is 10.1. The first kappa shape index (κ1) is 20.0.